The fraction of sp³-hybridized carbons (Fsp3) is 0.625. The zero-order chi connectivity index (χ0) is 9.80. The maximum Gasteiger partial charge on any atom is 0.240 e. The third-order valence-electron chi connectivity index (χ3n) is 1.82. The second-order valence-corrected chi connectivity index (χ2v) is 5.28. The van der Waals surface area contributed by atoms with Crippen LogP contribution in [0.4, 0.5) is 0 Å². The predicted octanol–water partition coefficient (Wildman–Crippen LogP) is 1.66. The minimum absolute atomic E-state index is 0.206. The van der Waals surface area contributed by atoms with Crippen LogP contribution in [0.3, 0.4) is 0 Å². The zero-order valence-corrected chi connectivity index (χ0v) is 9.11. The van der Waals surface area contributed by atoms with E-state index in [1.165, 1.54) is 5.75 Å². The Balaban J connectivity index is 2.04. The monoisotopic (exact) mass is 227 g/mol. The van der Waals surface area contributed by atoms with Gasteiger partial charge in [-0.3, -0.25) is 0 Å². The van der Waals surface area contributed by atoms with Crippen LogP contribution in [-0.2, 0) is 6.42 Å². The molecule has 4 nitrogen and oxygen atoms in total. The molecule has 1 aromatic rings. The Morgan fingerprint density at radius 3 is 3.21 bits per heavy atom. The number of nitriles is 1. The molecule has 0 saturated carbocycles. The Bertz CT molecular complexity index is 341. The lowest BCUT2D eigenvalue weighted by molar-refractivity contribution is 0.381. The second-order valence-electron chi connectivity index (χ2n) is 2.82. The maximum atomic E-state index is 8.45. The van der Waals surface area contributed by atoms with E-state index >= 15 is 0 Å². The largest absolute Gasteiger partial charge is 0.338 e. The first-order valence-corrected chi connectivity index (χ1v) is 6.49. The minimum atomic E-state index is 0.206. The van der Waals surface area contributed by atoms with Gasteiger partial charge in [0.05, 0.1) is 11.3 Å². The number of hydrogen-bond donors (Lipinski definition) is 0. The highest BCUT2D eigenvalue weighted by Crippen LogP contribution is 2.34. The van der Waals surface area contributed by atoms with Gasteiger partial charge in [-0.15, -0.1) is 11.8 Å². The Labute approximate surface area is 90.4 Å². The molecule has 1 aliphatic heterocycles. The molecular formula is C8H9N3OS2. The van der Waals surface area contributed by atoms with Gasteiger partial charge in [-0.2, -0.15) is 22.0 Å². The summed E-state index contributed by atoms with van der Waals surface area (Å²) in [7, 11) is 0. The summed E-state index contributed by atoms with van der Waals surface area (Å²) in [6.45, 7) is 0. The van der Waals surface area contributed by atoms with Gasteiger partial charge in [0.2, 0.25) is 5.89 Å². The van der Waals surface area contributed by atoms with E-state index in [2.05, 4.69) is 10.1 Å². The average Bonchev–Trinajstić information content (AvgIpc) is 2.68. The van der Waals surface area contributed by atoms with E-state index in [9.17, 15) is 0 Å². The molecule has 0 amide bonds. The van der Waals surface area contributed by atoms with E-state index in [-0.39, 0.29) is 6.42 Å². The average molecular weight is 227 g/mol. The van der Waals surface area contributed by atoms with Crippen molar-refractivity contribution >= 4 is 23.5 Å². The first-order chi connectivity index (χ1) is 6.90. The molecule has 2 heterocycles. The fourth-order valence-electron chi connectivity index (χ4n) is 1.18. The smallest absolute Gasteiger partial charge is 0.240 e. The number of rotatable bonds is 2. The summed E-state index contributed by atoms with van der Waals surface area (Å²) in [5.41, 5.74) is 0. The molecule has 0 aliphatic carbocycles. The Morgan fingerprint density at radius 2 is 2.50 bits per heavy atom. The highest BCUT2D eigenvalue weighted by Gasteiger charge is 2.21. The SMILES string of the molecule is N#CCc1nc(C2CSCCS2)no1. The van der Waals surface area contributed by atoms with Crippen LogP contribution in [0, 0.1) is 11.3 Å². The summed E-state index contributed by atoms with van der Waals surface area (Å²) in [5.74, 6) is 4.55. The standard InChI is InChI=1S/C8H9N3OS2/c9-2-1-7-10-8(11-12-7)6-5-13-3-4-14-6/h6H,1,3-5H2. The molecule has 1 unspecified atom stereocenters. The van der Waals surface area contributed by atoms with Crippen LogP contribution < -0.4 is 0 Å². The molecule has 0 N–H and O–H groups in total. The molecule has 6 heteroatoms. The predicted molar refractivity (Wildman–Crippen MR) is 56.1 cm³/mol. The van der Waals surface area contributed by atoms with E-state index in [1.807, 2.05) is 29.6 Å². The van der Waals surface area contributed by atoms with Crippen molar-refractivity contribution in [2.24, 2.45) is 0 Å². The van der Waals surface area contributed by atoms with Crippen molar-refractivity contribution in [1.82, 2.24) is 10.1 Å². The molecule has 14 heavy (non-hydrogen) atoms. The number of nitrogens with zero attached hydrogens (tertiary/aromatic N) is 3. The van der Waals surface area contributed by atoms with Crippen molar-refractivity contribution in [3.05, 3.63) is 11.7 Å². The lowest BCUT2D eigenvalue weighted by Gasteiger charge is -2.16. The highest BCUT2D eigenvalue weighted by atomic mass is 32.2. The summed E-state index contributed by atoms with van der Waals surface area (Å²) < 4.78 is 4.95. The molecule has 1 aromatic heterocycles. The van der Waals surface area contributed by atoms with Gasteiger partial charge in [-0.1, -0.05) is 5.16 Å². The number of hydrogen-bond acceptors (Lipinski definition) is 6. The van der Waals surface area contributed by atoms with Crippen LogP contribution in [0.15, 0.2) is 4.52 Å². The van der Waals surface area contributed by atoms with Crippen LogP contribution >= 0.6 is 23.5 Å². The van der Waals surface area contributed by atoms with E-state index in [0.717, 1.165) is 17.3 Å². The molecule has 74 valence electrons. The van der Waals surface area contributed by atoms with Gasteiger partial charge in [0, 0.05) is 17.3 Å². The number of aromatic nitrogens is 2. The molecule has 0 spiro atoms. The van der Waals surface area contributed by atoms with Crippen molar-refractivity contribution in [3.8, 4) is 6.07 Å². The van der Waals surface area contributed by atoms with Crippen LogP contribution in [0.25, 0.3) is 0 Å². The zero-order valence-electron chi connectivity index (χ0n) is 7.47. The van der Waals surface area contributed by atoms with E-state index in [1.54, 1.807) is 0 Å². The normalized spacial score (nSPS) is 21.8. The molecule has 1 saturated heterocycles. The molecular weight excluding hydrogens is 218 g/mol. The highest BCUT2D eigenvalue weighted by molar-refractivity contribution is 8.06. The first-order valence-electron chi connectivity index (χ1n) is 4.29. The van der Waals surface area contributed by atoms with Crippen molar-refractivity contribution in [3.63, 3.8) is 0 Å². The Hall–Kier alpha value is -0.670. The van der Waals surface area contributed by atoms with Crippen molar-refractivity contribution in [1.29, 1.82) is 5.26 Å². The molecule has 0 radical (unpaired) electrons. The second kappa shape index (κ2) is 4.71. The van der Waals surface area contributed by atoms with E-state index in [0.29, 0.717) is 11.1 Å². The quantitative estimate of drug-likeness (QED) is 0.765. The molecule has 1 aliphatic rings. The lowest BCUT2D eigenvalue weighted by Crippen LogP contribution is -2.08. The Kier molecular flexibility index (Phi) is 3.32. The van der Waals surface area contributed by atoms with E-state index in [4.69, 9.17) is 9.78 Å². The third kappa shape index (κ3) is 2.22. The van der Waals surface area contributed by atoms with Gasteiger partial charge in [-0.25, -0.2) is 0 Å². The van der Waals surface area contributed by atoms with Crippen LogP contribution in [0.5, 0.6) is 0 Å². The molecule has 0 aromatic carbocycles. The summed E-state index contributed by atoms with van der Waals surface area (Å²) in [6.07, 6.45) is 0.206. The third-order valence-corrected chi connectivity index (χ3v) is 4.57. The van der Waals surface area contributed by atoms with Gasteiger partial charge in [-0.05, 0) is 0 Å². The summed E-state index contributed by atoms with van der Waals surface area (Å²) in [6, 6.07) is 1.99. The number of thioether (sulfide) groups is 2. The van der Waals surface area contributed by atoms with Crippen molar-refractivity contribution < 1.29 is 4.52 Å². The van der Waals surface area contributed by atoms with Gasteiger partial charge in [0.15, 0.2) is 5.82 Å². The summed E-state index contributed by atoms with van der Waals surface area (Å²) >= 11 is 3.77. The molecule has 1 atom stereocenters. The van der Waals surface area contributed by atoms with Gasteiger partial charge in [0.1, 0.15) is 6.42 Å². The summed E-state index contributed by atoms with van der Waals surface area (Å²) in [5, 5.41) is 12.7. The lowest BCUT2D eigenvalue weighted by atomic mass is 10.4. The molecule has 1 fully saturated rings. The van der Waals surface area contributed by atoms with E-state index < -0.39 is 0 Å². The van der Waals surface area contributed by atoms with Crippen LogP contribution in [0.2, 0.25) is 0 Å². The van der Waals surface area contributed by atoms with Crippen molar-refractivity contribution in [2.75, 3.05) is 17.3 Å². The first kappa shape index (κ1) is 9.87. The topological polar surface area (TPSA) is 62.7 Å². The molecule has 2 rings (SSSR count). The van der Waals surface area contributed by atoms with Crippen LogP contribution in [-0.4, -0.2) is 27.4 Å². The summed E-state index contributed by atoms with van der Waals surface area (Å²) in [4.78, 5) is 4.19. The maximum absolute atomic E-state index is 8.45. The molecule has 0 bridgehead atoms. The van der Waals surface area contributed by atoms with Gasteiger partial charge >= 0.3 is 0 Å². The Morgan fingerprint density at radius 1 is 1.57 bits per heavy atom. The van der Waals surface area contributed by atoms with Gasteiger partial charge < -0.3 is 4.52 Å². The van der Waals surface area contributed by atoms with Gasteiger partial charge in [0.25, 0.3) is 0 Å². The minimum Gasteiger partial charge on any atom is -0.338 e. The fourth-order valence-corrected chi connectivity index (χ4v) is 3.76. The van der Waals surface area contributed by atoms with Crippen molar-refractivity contribution in [2.45, 2.75) is 11.7 Å². The van der Waals surface area contributed by atoms with Crippen LogP contribution in [0.1, 0.15) is 17.0 Å².